The van der Waals surface area contributed by atoms with Gasteiger partial charge in [-0.2, -0.15) is 0 Å². The normalized spacial score (nSPS) is 23.3. The van der Waals surface area contributed by atoms with Gasteiger partial charge in [0.2, 0.25) is 0 Å². The summed E-state index contributed by atoms with van der Waals surface area (Å²) in [4.78, 5) is 13.5. The first kappa shape index (κ1) is 12.7. The van der Waals surface area contributed by atoms with Crippen molar-refractivity contribution >= 4 is 6.29 Å². The second-order valence-corrected chi connectivity index (χ2v) is 4.76. The standard InChI is InChI=1S/C12H23NO2/c1-3-12(4-2,10-15)9-13-6-5-11(7-13)8-14/h10-11,14H,3-9H2,1-2H3. The molecule has 0 aromatic carbocycles. The van der Waals surface area contributed by atoms with E-state index in [0.717, 1.165) is 45.2 Å². The molecule has 1 N–H and O–H groups in total. The summed E-state index contributed by atoms with van der Waals surface area (Å²) >= 11 is 0. The third-order valence-corrected chi connectivity index (χ3v) is 3.82. The van der Waals surface area contributed by atoms with E-state index in [9.17, 15) is 4.79 Å². The van der Waals surface area contributed by atoms with E-state index in [1.807, 2.05) is 0 Å². The fourth-order valence-corrected chi connectivity index (χ4v) is 2.33. The molecule has 15 heavy (non-hydrogen) atoms. The number of aldehydes is 1. The van der Waals surface area contributed by atoms with Gasteiger partial charge in [0, 0.05) is 25.1 Å². The van der Waals surface area contributed by atoms with Gasteiger partial charge in [-0.05, 0) is 31.7 Å². The van der Waals surface area contributed by atoms with Crippen LogP contribution < -0.4 is 0 Å². The molecule has 1 atom stereocenters. The molecular formula is C12H23NO2. The molecule has 0 amide bonds. The average molecular weight is 213 g/mol. The van der Waals surface area contributed by atoms with E-state index >= 15 is 0 Å². The highest BCUT2D eigenvalue weighted by Gasteiger charge is 2.31. The Morgan fingerprint density at radius 3 is 2.53 bits per heavy atom. The lowest BCUT2D eigenvalue weighted by molar-refractivity contribution is -0.117. The number of likely N-dealkylation sites (tertiary alicyclic amines) is 1. The molecule has 1 rings (SSSR count). The average Bonchev–Trinajstić information content (AvgIpc) is 2.73. The smallest absolute Gasteiger partial charge is 0.127 e. The van der Waals surface area contributed by atoms with E-state index < -0.39 is 0 Å². The molecular weight excluding hydrogens is 190 g/mol. The van der Waals surface area contributed by atoms with Crippen LogP contribution in [0, 0.1) is 11.3 Å². The van der Waals surface area contributed by atoms with Gasteiger partial charge in [0.05, 0.1) is 0 Å². The van der Waals surface area contributed by atoms with Crippen molar-refractivity contribution in [2.45, 2.75) is 33.1 Å². The molecule has 0 bridgehead atoms. The Balaban J connectivity index is 2.49. The van der Waals surface area contributed by atoms with Crippen LogP contribution in [-0.2, 0) is 4.79 Å². The lowest BCUT2D eigenvalue weighted by atomic mass is 9.83. The van der Waals surface area contributed by atoms with E-state index in [4.69, 9.17) is 5.11 Å². The molecule has 1 fully saturated rings. The number of hydrogen-bond acceptors (Lipinski definition) is 3. The molecule has 1 unspecified atom stereocenters. The topological polar surface area (TPSA) is 40.5 Å². The second-order valence-electron chi connectivity index (χ2n) is 4.76. The summed E-state index contributed by atoms with van der Waals surface area (Å²) in [6.45, 7) is 7.28. The van der Waals surface area contributed by atoms with Crippen LogP contribution in [0.25, 0.3) is 0 Å². The zero-order chi connectivity index (χ0) is 11.3. The van der Waals surface area contributed by atoms with E-state index in [1.54, 1.807) is 0 Å². The molecule has 1 aliphatic heterocycles. The third kappa shape index (κ3) is 3.02. The Hall–Kier alpha value is -0.410. The van der Waals surface area contributed by atoms with E-state index in [-0.39, 0.29) is 12.0 Å². The highest BCUT2D eigenvalue weighted by molar-refractivity contribution is 5.59. The summed E-state index contributed by atoms with van der Waals surface area (Å²) in [5.74, 6) is 0.420. The van der Waals surface area contributed by atoms with Gasteiger partial charge in [-0.15, -0.1) is 0 Å². The van der Waals surface area contributed by atoms with Gasteiger partial charge >= 0.3 is 0 Å². The van der Waals surface area contributed by atoms with Gasteiger partial charge < -0.3 is 14.8 Å². The van der Waals surface area contributed by atoms with Crippen LogP contribution in [0.1, 0.15) is 33.1 Å². The van der Waals surface area contributed by atoms with Crippen molar-refractivity contribution in [1.82, 2.24) is 4.90 Å². The van der Waals surface area contributed by atoms with Crippen LogP contribution in [0.15, 0.2) is 0 Å². The molecule has 0 aliphatic carbocycles. The van der Waals surface area contributed by atoms with Gasteiger partial charge in [0.25, 0.3) is 0 Å². The lowest BCUT2D eigenvalue weighted by Gasteiger charge is -2.30. The minimum atomic E-state index is -0.162. The van der Waals surface area contributed by atoms with Crippen LogP contribution in [0.5, 0.6) is 0 Å². The maximum Gasteiger partial charge on any atom is 0.127 e. The summed E-state index contributed by atoms with van der Waals surface area (Å²) in [6.07, 6.45) is 4.01. The second kappa shape index (κ2) is 5.61. The van der Waals surface area contributed by atoms with Crippen LogP contribution in [-0.4, -0.2) is 42.5 Å². The van der Waals surface area contributed by atoms with E-state index in [1.165, 1.54) is 0 Å². The molecule has 0 saturated carbocycles. The molecule has 0 aromatic heterocycles. The van der Waals surface area contributed by atoms with Gasteiger partial charge in [-0.1, -0.05) is 13.8 Å². The quantitative estimate of drug-likeness (QED) is 0.676. The lowest BCUT2D eigenvalue weighted by Crippen LogP contribution is -2.37. The zero-order valence-electron chi connectivity index (χ0n) is 9.91. The van der Waals surface area contributed by atoms with Crippen molar-refractivity contribution in [2.24, 2.45) is 11.3 Å². The van der Waals surface area contributed by atoms with Crippen molar-refractivity contribution in [3.63, 3.8) is 0 Å². The first-order valence-electron chi connectivity index (χ1n) is 5.99. The fourth-order valence-electron chi connectivity index (χ4n) is 2.33. The summed E-state index contributed by atoms with van der Waals surface area (Å²) in [7, 11) is 0. The van der Waals surface area contributed by atoms with Gasteiger partial charge in [-0.3, -0.25) is 0 Å². The SMILES string of the molecule is CCC(C=O)(CC)CN1CCC(CO)C1. The Morgan fingerprint density at radius 1 is 1.47 bits per heavy atom. The number of rotatable bonds is 6. The molecule has 0 spiro atoms. The molecule has 3 heteroatoms. The third-order valence-electron chi connectivity index (χ3n) is 3.82. The molecule has 1 saturated heterocycles. The zero-order valence-corrected chi connectivity index (χ0v) is 9.91. The van der Waals surface area contributed by atoms with Gasteiger partial charge in [0.15, 0.2) is 0 Å². The molecule has 88 valence electrons. The Morgan fingerprint density at radius 2 is 2.13 bits per heavy atom. The summed E-state index contributed by atoms with van der Waals surface area (Å²) in [5.41, 5.74) is -0.162. The van der Waals surface area contributed by atoms with E-state index in [2.05, 4.69) is 18.7 Å². The number of hydrogen-bond donors (Lipinski definition) is 1. The first-order chi connectivity index (χ1) is 7.19. The molecule has 1 heterocycles. The van der Waals surface area contributed by atoms with Crippen molar-refractivity contribution in [2.75, 3.05) is 26.2 Å². The summed E-state index contributed by atoms with van der Waals surface area (Å²) in [6, 6.07) is 0. The fraction of sp³-hybridized carbons (Fsp3) is 0.917. The predicted octanol–water partition coefficient (Wildman–Crippen LogP) is 1.31. The van der Waals surface area contributed by atoms with E-state index in [0.29, 0.717) is 5.92 Å². The predicted molar refractivity (Wildman–Crippen MR) is 60.7 cm³/mol. The Bertz CT molecular complexity index is 202. The molecule has 1 aliphatic rings. The number of aliphatic hydroxyl groups is 1. The molecule has 3 nitrogen and oxygen atoms in total. The van der Waals surface area contributed by atoms with Crippen LogP contribution >= 0.6 is 0 Å². The minimum Gasteiger partial charge on any atom is -0.396 e. The number of nitrogens with zero attached hydrogens (tertiary/aromatic N) is 1. The van der Waals surface area contributed by atoms with Crippen LogP contribution in [0.2, 0.25) is 0 Å². The number of carbonyl (C=O) groups excluding carboxylic acids is 1. The summed E-state index contributed by atoms with van der Waals surface area (Å²) in [5, 5.41) is 9.06. The Kier molecular flexibility index (Phi) is 4.74. The van der Waals surface area contributed by atoms with Crippen molar-refractivity contribution in [3.05, 3.63) is 0 Å². The monoisotopic (exact) mass is 213 g/mol. The minimum absolute atomic E-state index is 0.162. The van der Waals surface area contributed by atoms with Crippen molar-refractivity contribution in [1.29, 1.82) is 0 Å². The number of aliphatic hydroxyl groups excluding tert-OH is 1. The molecule has 0 aromatic rings. The van der Waals surface area contributed by atoms with Gasteiger partial charge in [0.1, 0.15) is 6.29 Å². The maximum atomic E-state index is 11.2. The number of carbonyl (C=O) groups is 1. The Labute approximate surface area is 92.5 Å². The molecule has 0 radical (unpaired) electrons. The van der Waals surface area contributed by atoms with Crippen molar-refractivity contribution in [3.8, 4) is 0 Å². The highest BCUT2D eigenvalue weighted by atomic mass is 16.3. The van der Waals surface area contributed by atoms with Gasteiger partial charge in [-0.25, -0.2) is 0 Å². The largest absolute Gasteiger partial charge is 0.396 e. The maximum absolute atomic E-state index is 11.2. The van der Waals surface area contributed by atoms with Crippen molar-refractivity contribution < 1.29 is 9.90 Å². The van der Waals surface area contributed by atoms with Crippen LogP contribution in [0.3, 0.4) is 0 Å². The van der Waals surface area contributed by atoms with Crippen LogP contribution in [0.4, 0.5) is 0 Å². The highest BCUT2D eigenvalue weighted by Crippen LogP contribution is 2.27. The summed E-state index contributed by atoms with van der Waals surface area (Å²) < 4.78 is 0. The first-order valence-corrected chi connectivity index (χ1v) is 5.99.